The van der Waals surface area contributed by atoms with Gasteiger partial charge in [-0.3, -0.25) is 9.78 Å². The third-order valence-corrected chi connectivity index (χ3v) is 4.40. The lowest BCUT2D eigenvalue weighted by Gasteiger charge is -2.22. The van der Waals surface area contributed by atoms with Gasteiger partial charge in [-0.25, -0.2) is 4.98 Å². The molecule has 8 nitrogen and oxygen atoms in total. The molecular formula is C18H24N6O2. The van der Waals surface area contributed by atoms with Gasteiger partial charge in [-0.1, -0.05) is 0 Å². The molecule has 1 fully saturated rings. The second-order valence-corrected chi connectivity index (χ2v) is 6.36. The highest BCUT2D eigenvalue weighted by Gasteiger charge is 2.13. The van der Waals surface area contributed by atoms with E-state index in [1.54, 1.807) is 12.4 Å². The topological polar surface area (TPSA) is 112 Å². The highest BCUT2D eigenvalue weighted by molar-refractivity contribution is 5.72. The maximum absolute atomic E-state index is 10.8. The molecule has 0 saturated carbocycles. The van der Waals surface area contributed by atoms with Crippen LogP contribution >= 0.6 is 0 Å². The van der Waals surface area contributed by atoms with Crippen LogP contribution in [0.1, 0.15) is 19.3 Å². The van der Waals surface area contributed by atoms with Crippen LogP contribution in [0.15, 0.2) is 30.6 Å². The molecule has 138 valence electrons. The lowest BCUT2D eigenvalue weighted by Crippen LogP contribution is -2.28. The number of carbonyl (C=O) groups is 1. The zero-order chi connectivity index (χ0) is 18.2. The van der Waals surface area contributed by atoms with Gasteiger partial charge in [0, 0.05) is 30.6 Å². The minimum atomic E-state index is -0.958. The van der Waals surface area contributed by atoms with Gasteiger partial charge in [0.1, 0.15) is 12.4 Å². The maximum atomic E-state index is 10.8. The van der Waals surface area contributed by atoms with Crippen LogP contribution in [-0.4, -0.2) is 52.2 Å². The van der Waals surface area contributed by atoms with Crippen LogP contribution in [0.3, 0.4) is 0 Å². The van der Waals surface area contributed by atoms with Gasteiger partial charge in [0.2, 0.25) is 5.95 Å². The Bertz CT molecular complexity index is 719. The van der Waals surface area contributed by atoms with Gasteiger partial charge < -0.3 is 21.1 Å². The summed E-state index contributed by atoms with van der Waals surface area (Å²) in [4.78, 5) is 23.7. The van der Waals surface area contributed by atoms with Crippen molar-refractivity contribution < 1.29 is 9.90 Å². The zero-order valence-corrected chi connectivity index (χ0v) is 14.6. The summed E-state index contributed by atoms with van der Waals surface area (Å²) < 4.78 is 0. The van der Waals surface area contributed by atoms with Crippen molar-refractivity contribution in [1.82, 2.24) is 20.3 Å². The average molecular weight is 356 g/mol. The molecule has 1 aliphatic heterocycles. The summed E-state index contributed by atoms with van der Waals surface area (Å²) in [7, 11) is 0. The minimum absolute atomic E-state index is 0.231. The predicted octanol–water partition coefficient (Wildman–Crippen LogP) is 1.84. The second kappa shape index (κ2) is 9.10. The van der Waals surface area contributed by atoms with Crippen molar-refractivity contribution in [3.8, 4) is 11.3 Å². The van der Waals surface area contributed by atoms with Gasteiger partial charge in [-0.05, 0) is 50.4 Å². The van der Waals surface area contributed by atoms with E-state index in [4.69, 9.17) is 5.11 Å². The Labute approximate surface area is 152 Å². The number of hydrogen-bond acceptors (Lipinski definition) is 7. The normalized spacial score (nSPS) is 14.8. The van der Waals surface area contributed by atoms with Crippen molar-refractivity contribution in [2.45, 2.75) is 19.3 Å². The van der Waals surface area contributed by atoms with Crippen LogP contribution in [0.2, 0.25) is 0 Å². The zero-order valence-electron chi connectivity index (χ0n) is 14.6. The van der Waals surface area contributed by atoms with E-state index in [-0.39, 0.29) is 12.5 Å². The molecule has 3 rings (SSSR count). The smallest absolute Gasteiger partial charge is 0.322 e. The molecule has 0 unspecified atom stereocenters. The van der Waals surface area contributed by atoms with Crippen LogP contribution < -0.4 is 16.0 Å². The van der Waals surface area contributed by atoms with Gasteiger partial charge in [0.05, 0.1) is 5.69 Å². The second-order valence-electron chi connectivity index (χ2n) is 6.36. The summed E-state index contributed by atoms with van der Waals surface area (Å²) in [6, 6.07) is 5.62. The largest absolute Gasteiger partial charge is 0.480 e. The fourth-order valence-electron chi connectivity index (χ4n) is 3.01. The van der Waals surface area contributed by atoms with Crippen LogP contribution in [0.4, 0.5) is 11.8 Å². The molecule has 0 atom stereocenters. The van der Waals surface area contributed by atoms with Crippen molar-refractivity contribution >= 4 is 17.7 Å². The number of piperidine rings is 1. The number of nitrogens with zero attached hydrogens (tertiary/aromatic N) is 3. The first-order valence-corrected chi connectivity index (χ1v) is 8.90. The number of carboxylic acid groups (broad SMARTS) is 1. The monoisotopic (exact) mass is 356 g/mol. The summed E-state index contributed by atoms with van der Waals surface area (Å²) in [6.45, 7) is 2.77. The van der Waals surface area contributed by atoms with Crippen LogP contribution in [0.5, 0.6) is 0 Å². The van der Waals surface area contributed by atoms with Gasteiger partial charge in [-0.15, -0.1) is 0 Å². The van der Waals surface area contributed by atoms with E-state index in [1.807, 2.05) is 18.2 Å². The Hall–Kier alpha value is -2.74. The highest BCUT2D eigenvalue weighted by Crippen LogP contribution is 2.21. The fourth-order valence-corrected chi connectivity index (χ4v) is 3.01. The van der Waals surface area contributed by atoms with Gasteiger partial charge in [0.25, 0.3) is 0 Å². The summed E-state index contributed by atoms with van der Waals surface area (Å²) in [5.74, 6) is 0.743. The average Bonchev–Trinajstić information content (AvgIpc) is 2.68. The third-order valence-electron chi connectivity index (χ3n) is 4.40. The van der Waals surface area contributed by atoms with Crippen molar-refractivity contribution in [2.75, 3.05) is 36.8 Å². The van der Waals surface area contributed by atoms with Gasteiger partial charge in [0.15, 0.2) is 0 Å². The summed E-state index contributed by atoms with van der Waals surface area (Å²) >= 11 is 0. The molecule has 4 N–H and O–H groups in total. The van der Waals surface area contributed by atoms with Gasteiger partial charge >= 0.3 is 5.97 Å². The molecule has 2 aromatic rings. The molecule has 2 aromatic heterocycles. The lowest BCUT2D eigenvalue weighted by atomic mass is 9.95. The molecular weight excluding hydrogens is 332 g/mol. The van der Waals surface area contributed by atoms with Crippen molar-refractivity contribution in [3.05, 3.63) is 30.6 Å². The first-order chi connectivity index (χ1) is 12.7. The number of anilines is 2. The Morgan fingerprint density at radius 2 is 2.12 bits per heavy atom. The van der Waals surface area contributed by atoms with E-state index in [1.165, 1.54) is 12.8 Å². The molecule has 1 saturated heterocycles. The summed E-state index contributed by atoms with van der Waals surface area (Å²) in [5.41, 5.74) is 1.56. The van der Waals surface area contributed by atoms with Crippen LogP contribution in [0.25, 0.3) is 11.3 Å². The Balaban J connectivity index is 1.70. The lowest BCUT2D eigenvalue weighted by molar-refractivity contribution is -0.134. The Kier molecular flexibility index (Phi) is 6.32. The quantitative estimate of drug-likeness (QED) is 0.567. The van der Waals surface area contributed by atoms with Gasteiger partial charge in [-0.2, -0.15) is 4.98 Å². The molecule has 3 heterocycles. The predicted molar refractivity (Wildman–Crippen MR) is 100 cm³/mol. The Morgan fingerprint density at radius 3 is 2.85 bits per heavy atom. The molecule has 0 bridgehead atoms. The number of aliphatic carboxylic acids is 1. The molecule has 0 spiro atoms. The van der Waals surface area contributed by atoms with E-state index >= 15 is 0 Å². The number of nitrogens with one attached hydrogen (secondary N) is 3. The molecule has 0 aromatic carbocycles. The molecule has 8 heteroatoms. The van der Waals surface area contributed by atoms with E-state index in [2.05, 4.69) is 30.9 Å². The highest BCUT2D eigenvalue weighted by atomic mass is 16.4. The van der Waals surface area contributed by atoms with Crippen molar-refractivity contribution in [3.63, 3.8) is 0 Å². The number of hydrogen-bond donors (Lipinski definition) is 4. The van der Waals surface area contributed by atoms with Crippen molar-refractivity contribution in [1.29, 1.82) is 0 Å². The summed E-state index contributed by atoms with van der Waals surface area (Å²) in [6.07, 6.45) is 6.93. The Morgan fingerprint density at radius 1 is 1.27 bits per heavy atom. The molecule has 0 aliphatic carbocycles. The van der Waals surface area contributed by atoms with E-state index in [9.17, 15) is 4.79 Å². The SMILES string of the molecule is O=C(O)CNc1nc(NCCC2CCNCC2)cc(-c2cccnc2)n1. The summed E-state index contributed by atoms with van der Waals surface area (Å²) in [5, 5.41) is 18.3. The number of aromatic nitrogens is 3. The van der Waals surface area contributed by atoms with E-state index < -0.39 is 5.97 Å². The molecule has 0 amide bonds. The third kappa shape index (κ3) is 5.38. The van der Waals surface area contributed by atoms with Crippen molar-refractivity contribution in [2.24, 2.45) is 5.92 Å². The minimum Gasteiger partial charge on any atom is -0.480 e. The van der Waals surface area contributed by atoms with Crippen LogP contribution in [0, 0.1) is 5.92 Å². The fraction of sp³-hybridized carbons (Fsp3) is 0.444. The van der Waals surface area contributed by atoms with Crippen LogP contribution in [-0.2, 0) is 4.79 Å². The first-order valence-electron chi connectivity index (χ1n) is 8.90. The number of pyridine rings is 1. The standard InChI is InChI=1S/C18H24N6O2/c25-17(26)12-22-18-23-15(14-2-1-6-20-11-14)10-16(24-18)21-9-5-13-3-7-19-8-4-13/h1-2,6,10-11,13,19H,3-5,7-9,12H2,(H,25,26)(H2,21,22,23,24). The van der Waals surface area contributed by atoms with E-state index in [0.29, 0.717) is 11.5 Å². The first kappa shape index (κ1) is 18.1. The number of carboxylic acids is 1. The number of rotatable bonds is 8. The molecule has 26 heavy (non-hydrogen) atoms. The molecule has 1 aliphatic rings. The maximum Gasteiger partial charge on any atom is 0.322 e. The van der Waals surface area contributed by atoms with E-state index in [0.717, 1.165) is 37.5 Å². The molecule has 0 radical (unpaired) electrons.